The number of rotatable bonds is 6. The van der Waals surface area contributed by atoms with Gasteiger partial charge in [-0.05, 0) is 39.7 Å². The standard InChI is InChI=1S/C34H21BrO4/c35-30-29-27(38-32(24-17-9-3-10-18-24)28(29)22-13-5-1-6-14-22)21-26(31(36)23-15-7-2-8-16-23)33(30)39-34(37)25-19-11-4-12-20-25/h1-21H. The summed E-state index contributed by atoms with van der Waals surface area (Å²) in [6.07, 6.45) is 0. The number of fused-ring (bicyclic) bond motifs is 1. The van der Waals surface area contributed by atoms with Gasteiger partial charge in [-0.3, -0.25) is 4.79 Å². The van der Waals surface area contributed by atoms with E-state index in [0.717, 1.165) is 16.7 Å². The Balaban J connectivity index is 1.63. The van der Waals surface area contributed by atoms with Gasteiger partial charge in [0, 0.05) is 22.1 Å². The number of ketones is 1. The zero-order chi connectivity index (χ0) is 26.8. The van der Waals surface area contributed by atoms with Gasteiger partial charge in [-0.1, -0.05) is 109 Å². The van der Waals surface area contributed by atoms with Gasteiger partial charge >= 0.3 is 5.97 Å². The third kappa shape index (κ3) is 4.69. The van der Waals surface area contributed by atoms with Crippen LogP contribution < -0.4 is 4.74 Å². The number of carbonyl (C=O) groups is 2. The Labute approximate surface area is 233 Å². The molecule has 1 heterocycles. The summed E-state index contributed by atoms with van der Waals surface area (Å²) in [6.45, 7) is 0. The molecule has 0 aliphatic carbocycles. The SMILES string of the molecule is O=C(Oc1c(C(=O)c2ccccc2)cc2oc(-c3ccccc3)c(-c3ccccc3)c2c1Br)c1ccccc1. The van der Waals surface area contributed by atoms with Crippen LogP contribution >= 0.6 is 15.9 Å². The summed E-state index contributed by atoms with van der Waals surface area (Å²) in [6, 6.07) is 38.9. The molecule has 4 nitrogen and oxygen atoms in total. The Morgan fingerprint density at radius 3 is 1.74 bits per heavy atom. The van der Waals surface area contributed by atoms with Crippen molar-refractivity contribution in [3.8, 4) is 28.2 Å². The highest BCUT2D eigenvalue weighted by molar-refractivity contribution is 9.10. The second-order valence-electron chi connectivity index (χ2n) is 8.93. The van der Waals surface area contributed by atoms with E-state index < -0.39 is 5.97 Å². The van der Waals surface area contributed by atoms with Crippen LogP contribution in [0.4, 0.5) is 0 Å². The normalized spacial score (nSPS) is 10.9. The van der Waals surface area contributed by atoms with Crippen molar-refractivity contribution in [2.24, 2.45) is 0 Å². The molecule has 0 atom stereocenters. The average molecular weight is 573 g/mol. The molecule has 0 unspecified atom stereocenters. The number of furan rings is 1. The highest BCUT2D eigenvalue weighted by atomic mass is 79.9. The molecule has 5 aromatic carbocycles. The lowest BCUT2D eigenvalue weighted by Gasteiger charge is -2.13. The molecule has 188 valence electrons. The third-order valence-electron chi connectivity index (χ3n) is 6.46. The fraction of sp³-hybridized carbons (Fsp3) is 0. The molecule has 0 N–H and O–H groups in total. The molecule has 0 radical (unpaired) electrons. The molecule has 6 rings (SSSR count). The second kappa shape index (κ2) is 10.6. The molecule has 0 saturated heterocycles. The molecule has 0 aliphatic heterocycles. The summed E-state index contributed by atoms with van der Waals surface area (Å²) in [5, 5.41) is 0.709. The number of hydrogen-bond donors (Lipinski definition) is 0. The molecule has 1 aromatic heterocycles. The summed E-state index contributed by atoms with van der Waals surface area (Å²) in [5.41, 5.74) is 4.22. The van der Waals surface area contributed by atoms with Crippen molar-refractivity contribution < 1.29 is 18.7 Å². The van der Waals surface area contributed by atoms with Gasteiger partial charge < -0.3 is 9.15 Å². The van der Waals surface area contributed by atoms with E-state index >= 15 is 0 Å². The van der Waals surface area contributed by atoms with E-state index in [0.29, 0.717) is 32.3 Å². The number of benzene rings is 5. The van der Waals surface area contributed by atoms with Crippen LogP contribution in [0.25, 0.3) is 33.4 Å². The van der Waals surface area contributed by atoms with Crippen LogP contribution in [0.5, 0.6) is 5.75 Å². The van der Waals surface area contributed by atoms with Gasteiger partial charge in [0.25, 0.3) is 0 Å². The fourth-order valence-corrected chi connectivity index (χ4v) is 5.30. The number of hydrogen-bond acceptors (Lipinski definition) is 4. The van der Waals surface area contributed by atoms with Crippen LogP contribution in [-0.2, 0) is 0 Å². The van der Waals surface area contributed by atoms with Crippen molar-refractivity contribution >= 4 is 38.7 Å². The lowest BCUT2D eigenvalue weighted by atomic mass is 9.96. The van der Waals surface area contributed by atoms with Gasteiger partial charge in [-0.25, -0.2) is 4.79 Å². The van der Waals surface area contributed by atoms with Gasteiger partial charge in [0.15, 0.2) is 11.5 Å². The minimum absolute atomic E-state index is 0.141. The minimum Gasteiger partial charge on any atom is -0.455 e. The third-order valence-corrected chi connectivity index (χ3v) is 7.21. The lowest BCUT2D eigenvalue weighted by molar-refractivity contribution is 0.0732. The Kier molecular flexibility index (Phi) is 6.66. The van der Waals surface area contributed by atoms with Crippen molar-refractivity contribution in [3.05, 3.63) is 149 Å². The molecule has 0 amide bonds. The van der Waals surface area contributed by atoms with Gasteiger partial charge in [-0.15, -0.1) is 0 Å². The van der Waals surface area contributed by atoms with Crippen LogP contribution in [0, 0.1) is 0 Å². The largest absolute Gasteiger partial charge is 0.455 e. The maximum atomic E-state index is 13.8. The van der Waals surface area contributed by atoms with E-state index in [1.807, 2.05) is 72.8 Å². The summed E-state index contributed by atoms with van der Waals surface area (Å²) in [4.78, 5) is 27.0. The van der Waals surface area contributed by atoms with Crippen molar-refractivity contribution in [2.45, 2.75) is 0 Å². The zero-order valence-corrected chi connectivity index (χ0v) is 22.2. The van der Waals surface area contributed by atoms with Crippen molar-refractivity contribution in [2.75, 3.05) is 0 Å². The maximum absolute atomic E-state index is 13.8. The summed E-state index contributed by atoms with van der Waals surface area (Å²) < 4.78 is 12.9. The summed E-state index contributed by atoms with van der Waals surface area (Å²) in [7, 11) is 0. The number of halogens is 1. The van der Waals surface area contributed by atoms with E-state index in [2.05, 4.69) is 15.9 Å². The second-order valence-corrected chi connectivity index (χ2v) is 9.72. The zero-order valence-electron chi connectivity index (χ0n) is 20.6. The van der Waals surface area contributed by atoms with Crippen LogP contribution in [0.3, 0.4) is 0 Å². The van der Waals surface area contributed by atoms with E-state index in [9.17, 15) is 9.59 Å². The Bertz CT molecular complexity index is 1790. The van der Waals surface area contributed by atoms with Crippen LogP contribution in [0.1, 0.15) is 26.3 Å². The molecule has 0 aliphatic rings. The highest BCUT2D eigenvalue weighted by Gasteiger charge is 2.28. The van der Waals surface area contributed by atoms with E-state index in [1.165, 1.54) is 0 Å². The van der Waals surface area contributed by atoms with E-state index in [4.69, 9.17) is 9.15 Å². The minimum atomic E-state index is -0.564. The number of ether oxygens (including phenoxy) is 1. The summed E-state index contributed by atoms with van der Waals surface area (Å²) >= 11 is 3.72. The quantitative estimate of drug-likeness (QED) is 0.113. The monoisotopic (exact) mass is 572 g/mol. The van der Waals surface area contributed by atoms with Crippen molar-refractivity contribution in [3.63, 3.8) is 0 Å². The first-order chi connectivity index (χ1) is 19.1. The van der Waals surface area contributed by atoms with Crippen LogP contribution in [0.15, 0.2) is 136 Å². The fourth-order valence-electron chi connectivity index (χ4n) is 4.61. The molecule has 5 heteroatoms. The summed E-state index contributed by atoms with van der Waals surface area (Å²) in [5.74, 6) is -0.0521. The first-order valence-corrected chi connectivity index (χ1v) is 13.2. The lowest BCUT2D eigenvalue weighted by Crippen LogP contribution is -2.13. The molecule has 0 saturated carbocycles. The Morgan fingerprint density at radius 2 is 1.15 bits per heavy atom. The molecule has 0 bridgehead atoms. The Hall–Kier alpha value is -4.74. The number of esters is 1. The van der Waals surface area contributed by atoms with E-state index in [1.54, 1.807) is 54.6 Å². The predicted molar refractivity (Wildman–Crippen MR) is 156 cm³/mol. The average Bonchev–Trinajstić information content (AvgIpc) is 3.40. The van der Waals surface area contributed by atoms with Gasteiger partial charge in [0.05, 0.1) is 15.6 Å². The molecular formula is C34H21BrO4. The van der Waals surface area contributed by atoms with Crippen LogP contribution in [-0.4, -0.2) is 11.8 Å². The van der Waals surface area contributed by atoms with Gasteiger partial charge in [0.2, 0.25) is 0 Å². The Morgan fingerprint density at radius 1 is 0.641 bits per heavy atom. The van der Waals surface area contributed by atoms with E-state index in [-0.39, 0.29) is 17.1 Å². The molecule has 6 aromatic rings. The molecule has 0 fully saturated rings. The smallest absolute Gasteiger partial charge is 0.343 e. The first-order valence-electron chi connectivity index (χ1n) is 12.4. The van der Waals surface area contributed by atoms with Crippen LogP contribution in [0.2, 0.25) is 0 Å². The first kappa shape index (κ1) is 24.6. The van der Waals surface area contributed by atoms with Gasteiger partial charge in [-0.2, -0.15) is 0 Å². The molecular weight excluding hydrogens is 552 g/mol. The van der Waals surface area contributed by atoms with Crippen molar-refractivity contribution in [1.29, 1.82) is 0 Å². The number of carbonyl (C=O) groups excluding carboxylic acids is 2. The predicted octanol–water partition coefficient (Wildman–Crippen LogP) is 8.98. The van der Waals surface area contributed by atoms with Gasteiger partial charge in [0.1, 0.15) is 11.3 Å². The molecule has 39 heavy (non-hydrogen) atoms. The highest BCUT2D eigenvalue weighted by Crippen LogP contribution is 2.48. The molecule has 0 spiro atoms. The maximum Gasteiger partial charge on any atom is 0.343 e. The topological polar surface area (TPSA) is 56.5 Å². The van der Waals surface area contributed by atoms with Crippen molar-refractivity contribution in [1.82, 2.24) is 0 Å².